The summed E-state index contributed by atoms with van der Waals surface area (Å²) < 4.78 is 17.1. The average Bonchev–Trinajstić information content (AvgIpc) is 3.28. The van der Waals surface area contributed by atoms with Crippen molar-refractivity contribution in [3.05, 3.63) is 0 Å². The van der Waals surface area contributed by atoms with Crippen LogP contribution in [0.25, 0.3) is 0 Å². The Bertz CT molecular complexity index is 311. The molecule has 0 spiro atoms. The van der Waals surface area contributed by atoms with Gasteiger partial charge in [-0.1, -0.05) is 0 Å². The van der Waals surface area contributed by atoms with Gasteiger partial charge in [0.15, 0.2) is 0 Å². The van der Waals surface area contributed by atoms with Gasteiger partial charge in [-0.2, -0.15) is 0 Å². The molecular weight excluding hydrogens is 326 g/mol. The van der Waals surface area contributed by atoms with Crippen LogP contribution in [0.15, 0.2) is 0 Å². The largest absolute Gasteiger partial charge is 0.385 e. The predicted molar refractivity (Wildman–Crippen MR) is 98.9 cm³/mol. The van der Waals surface area contributed by atoms with Crippen molar-refractivity contribution < 1.29 is 14.2 Å². The van der Waals surface area contributed by atoms with Gasteiger partial charge in [0.2, 0.25) is 0 Å². The Morgan fingerprint density at radius 3 is 1.14 bits per heavy atom. The van der Waals surface area contributed by atoms with Gasteiger partial charge >= 0.3 is 0 Å². The Morgan fingerprint density at radius 1 is 0.591 bits per heavy atom. The zero-order chi connectivity index (χ0) is 15.5. The minimum atomic E-state index is -0.123. The minimum Gasteiger partial charge on any atom is -0.385 e. The molecule has 0 amide bonds. The molecule has 3 saturated heterocycles. The van der Waals surface area contributed by atoms with Gasteiger partial charge in [0, 0.05) is 38.5 Å². The minimum absolute atomic E-state index is 0.123. The zero-order valence-corrected chi connectivity index (χ0v) is 18.7. The molecule has 0 aromatic heterocycles. The molecule has 7 heteroatoms. The van der Waals surface area contributed by atoms with Crippen molar-refractivity contribution in [3.63, 3.8) is 0 Å². The van der Waals surface area contributed by atoms with Crippen LogP contribution < -0.4 is 0 Å². The van der Waals surface area contributed by atoms with Gasteiger partial charge in [-0.3, -0.25) is 0 Å². The number of hydrogen-bond donors (Lipinski definition) is 0. The highest BCUT2D eigenvalue weighted by Crippen LogP contribution is 2.32. The molecule has 6 atom stereocenters. The van der Waals surface area contributed by atoms with Crippen molar-refractivity contribution in [1.82, 2.24) is 4.90 Å². The van der Waals surface area contributed by atoms with Crippen LogP contribution in [-0.2, 0) is 14.2 Å². The first kappa shape index (κ1) is 17.3. The topological polar surface area (TPSA) is 30.9 Å². The van der Waals surface area contributed by atoms with Gasteiger partial charge in [-0.25, -0.2) is 0 Å². The Kier molecular flexibility index (Phi) is 6.33. The molecule has 3 heterocycles. The third-order valence-electron chi connectivity index (χ3n) is 6.34. The van der Waals surface area contributed by atoms with E-state index in [4.69, 9.17) is 14.2 Å². The second-order valence-corrected chi connectivity index (χ2v) is 14.4. The summed E-state index contributed by atoms with van der Waals surface area (Å²) in [5.74, 6) is 0. The molecule has 3 aliphatic rings. The predicted octanol–water partition coefficient (Wildman–Crippen LogP) is -0.928. The average molecular weight is 360 g/mol. The van der Waals surface area contributed by atoms with Crippen LogP contribution in [0.3, 0.4) is 0 Å². The molecule has 3 fully saturated rings. The molecule has 0 aromatic rings. The molecule has 0 aromatic carbocycles. The van der Waals surface area contributed by atoms with E-state index in [0.717, 1.165) is 17.0 Å². The van der Waals surface area contributed by atoms with Crippen LogP contribution in [0.1, 0.15) is 38.5 Å². The number of methoxy groups -OCH3 is 3. The van der Waals surface area contributed by atoms with Gasteiger partial charge < -0.3 is 19.1 Å². The van der Waals surface area contributed by atoms with Crippen molar-refractivity contribution >= 4 is 28.6 Å². The van der Waals surface area contributed by atoms with E-state index < -0.39 is 0 Å². The molecular formula is C15H33NO3Si3. The fourth-order valence-corrected chi connectivity index (χ4v) is 13.7. The first-order chi connectivity index (χ1) is 10.7. The summed E-state index contributed by atoms with van der Waals surface area (Å²) in [6.07, 6.45) is 8.14. The van der Waals surface area contributed by atoms with Crippen LogP contribution in [0, 0.1) is 0 Å². The van der Waals surface area contributed by atoms with Gasteiger partial charge in [0.05, 0.1) is 28.6 Å². The Morgan fingerprint density at radius 2 is 0.909 bits per heavy atom. The third kappa shape index (κ3) is 3.76. The fourth-order valence-electron chi connectivity index (χ4n) is 5.10. The molecule has 22 heavy (non-hydrogen) atoms. The lowest BCUT2D eigenvalue weighted by atomic mass is 10.2. The highest BCUT2D eigenvalue weighted by atomic mass is 28.2. The van der Waals surface area contributed by atoms with Crippen molar-refractivity contribution in [2.75, 3.05) is 21.3 Å². The Hall–Kier alpha value is 0.491. The van der Waals surface area contributed by atoms with E-state index in [1.54, 1.807) is 0 Å². The second kappa shape index (κ2) is 8.04. The third-order valence-corrected chi connectivity index (χ3v) is 14.3. The Balaban J connectivity index is 1.68. The SMILES string of the molecule is COC1CCC(N(C2CCC(OC)[SiH2]2)C2CCC(OC)[SiH2]2)[SiH2]1. The second-order valence-electron chi connectivity index (χ2n) is 7.42. The molecule has 0 bridgehead atoms. The molecule has 0 aliphatic carbocycles. The summed E-state index contributed by atoms with van der Waals surface area (Å²) in [5, 5.41) is 0. The summed E-state index contributed by atoms with van der Waals surface area (Å²) in [5.41, 5.74) is 4.63. The lowest BCUT2D eigenvalue weighted by Gasteiger charge is -2.39. The summed E-state index contributed by atoms with van der Waals surface area (Å²) in [6, 6.07) is 0. The maximum Gasteiger partial charge on any atom is 0.0754 e. The van der Waals surface area contributed by atoms with Crippen LogP contribution >= 0.6 is 0 Å². The highest BCUT2D eigenvalue weighted by molar-refractivity contribution is 6.45. The van der Waals surface area contributed by atoms with E-state index in [0.29, 0.717) is 17.2 Å². The molecule has 6 unspecified atom stereocenters. The lowest BCUT2D eigenvalue weighted by molar-refractivity contribution is 0.160. The van der Waals surface area contributed by atoms with E-state index in [2.05, 4.69) is 4.90 Å². The summed E-state index contributed by atoms with van der Waals surface area (Å²) >= 11 is 0. The maximum absolute atomic E-state index is 5.71. The summed E-state index contributed by atoms with van der Waals surface area (Å²) in [6.45, 7) is 0. The molecule has 3 rings (SSSR count). The van der Waals surface area contributed by atoms with E-state index in [1.165, 1.54) is 38.5 Å². The number of ether oxygens (including phenoxy) is 3. The van der Waals surface area contributed by atoms with Crippen molar-refractivity contribution in [3.8, 4) is 0 Å². The van der Waals surface area contributed by atoms with E-state index >= 15 is 0 Å². The van der Waals surface area contributed by atoms with Gasteiger partial charge in [0.25, 0.3) is 0 Å². The smallest absolute Gasteiger partial charge is 0.0754 e. The molecule has 4 nitrogen and oxygen atoms in total. The molecule has 0 radical (unpaired) electrons. The van der Waals surface area contributed by atoms with Crippen LogP contribution in [-0.4, -0.2) is 89.0 Å². The number of hydrogen-bond acceptors (Lipinski definition) is 4. The van der Waals surface area contributed by atoms with Gasteiger partial charge in [0.1, 0.15) is 0 Å². The number of rotatable bonds is 6. The van der Waals surface area contributed by atoms with Gasteiger partial charge in [-0.15, -0.1) is 0 Å². The quantitative estimate of drug-likeness (QED) is 0.574. The standard InChI is InChI=1S/C15H33NO3Si3/c1-17-13-7-4-10(20-13)16(11-5-8-14(18-2)21-11)12-6-9-15(19-3)22-12/h10-15H,4-9,20-22H2,1-3H3. The highest BCUT2D eigenvalue weighted by Gasteiger charge is 2.42. The van der Waals surface area contributed by atoms with Crippen molar-refractivity contribution in [1.29, 1.82) is 0 Å². The zero-order valence-electron chi connectivity index (χ0n) is 14.5. The summed E-state index contributed by atoms with van der Waals surface area (Å²) in [4.78, 5) is 3.06. The van der Waals surface area contributed by atoms with Crippen LogP contribution in [0.4, 0.5) is 0 Å². The molecule has 0 N–H and O–H groups in total. The van der Waals surface area contributed by atoms with E-state index in [9.17, 15) is 0 Å². The van der Waals surface area contributed by atoms with Crippen molar-refractivity contribution in [2.24, 2.45) is 0 Å². The molecule has 0 saturated carbocycles. The lowest BCUT2D eigenvalue weighted by Crippen LogP contribution is -2.54. The first-order valence-corrected chi connectivity index (χ1v) is 14.0. The fraction of sp³-hybridized carbons (Fsp3) is 1.00. The number of nitrogens with zero attached hydrogens (tertiary/aromatic N) is 1. The van der Waals surface area contributed by atoms with Crippen LogP contribution in [0.5, 0.6) is 0 Å². The van der Waals surface area contributed by atoms with E-state index in [-0.39, 0.29) is 28.6 Å². The van der Waals surface area contributed by atoms with Crippen LogP contribution in [0.2, 0.25) is 0 Å². The van der Waals surface area contributed by atoms with Crippen molar-refractivity contribution in [2.45, 2.75) is 72.7 Å². The first-order valence-electron chi connectivity index (χ1n) is 9.11. The summed E-state index contributed by atoms with van der Waals surface area (Å²) in [7, 11) is 5.38. The monoisotopic (exact) mass is 359 g/mol. The molecule has 128 valence electrons. The Labute approximate surface area is 142 Å². The van der Waals surface area contributed by atoms with E-state index in [1.807, 2.05) is 21.3 Å². The van der Waals surface area contributed by atoms with Gasteiger partial charge in [-0.05, 0) is 55.5 Å². The molecule has 3 aliphatic heterocycles. The maximum atomic E-state index is 5.71. The normalized spacial score (nSPS) is 45.8.